The van der Waals surface area contributed by atoms with E-state index in [2.05, 4.69) is 5.32 Å². The second-order valence-electron chi connectivity index (χ2n) is 4.55. The first kappa shape index (κ1) is 12.4. The van der Waals surface area contributed by atoms with Crippen LogP contribution < -0.4 is 5.32 Å². The van der Waals surface area contributed by atoms with Gasteiger partial charge in [-0.25, -0.2) is 13.2 Å². The Labute approximate surface area is 99.0 Å². The van der Waals surface area contributed by atoms with Crippen molar-refractivity contribution >= 4 is 0 Å². The lowest BCUT2D eigenvalue weighted by atomic mass is 9.87. The van der Waals surface area contributed by atoms with E-state index in [1.807, 2.05) is 0 Å². The van der Waals surface area contributed by atoms with Crippen LogP contribution in [-0.2, 0) is 6.42 Å². The number of hydrogen-bond donors (Lipinski definition) is 1. The molecule has 0 saturated carbocycles. The molecule has 0 atom stereocenters. The number of nitrogens with one attached hydrogen (secondary N) is 1. The first-order valence-corrected chi connectivity index (χ1v) is 5.91. The van der Waals surface area contributed by atoms with Crippen molar-refractivity contribution in [1.29, 1.82) is 0 Å². The summed E-state index contributed by atoms with van der Waals surface area (Å²) in [4.78, 5) is 0. The molecule has 2 rings (SSSR count). The standard InChI is InChI=1S/C13H16F3N/c14-12-4-2-1-3-10(12)9-13(15,16)11-5-7-17-8-6-11/h1-4,11,17H,5-9H2. The van der Waals surface area contributed by atoms with Gasteiger partial charge in [0.25, 0.3) is 5.92 Å². The zero-order valence-electron chi connectivity index (χ0n) is 9.56. The van der Waals surface area contributed by atoms with Gasteiger partial charge in [-0.1, -0.05) is 18.2 Å². The minimum atomic E-state index is -2.82. The van der Waals surface area contributed by atoms with Crippen LogP contribution in [0.4, 0.5) is 13.2 Å². The molecule has 17 heavy (non-hydrogen) atoms. The maximum Gasteiger partial charge on any atom is 0.255 e. The molecule has 94 valence electrons. The normalized spacial score (nSPS) is 18.3. The number of benzene rings is 1. The van der Waals surface area contributed by atoms with E-state index in [4.69, 9.17) is 0 Å². The molecular formula is C13H16F3N. The van der Waals surface area contributed by atoms with Crippen molar-refractivity contribution in [3.8, 4) is 0 Å². The van der Waals surface area contributed by atoms with E-state index in [0.29, 0.717) is 25.9 Å². The molecule has 1 N–H and O–H groups in total. The molecular weight excluding hydrogens is 227 g/mol. The molecule has 0 amide bonds. The zero-order chi connectivity index (χ0) is 12.3. The number of alkyl halides is 2. The fraction of sp³-hybridized carbons (Fsp3) is 0.538. The topological polar surface area (TPSA) is 12.0 Å². The Morgan fingerprint density at radius 2 is 1.82 bits per heavy atom. The summed E-state index contributed by atoms with van der Waals surface area (Å²) in [5.41, 5.74) is 0.107. The number of piperidine rings is 1. The van der Waals surface area contributed by atoms with Crippen molar-refractivity contribution in [3.05, 3.63) is 35.6 Å². The van der Waals surface area contributed by atoms with Gasteiger partial charge < -0.3 is 5.32 Å². The van der Waals surface area contributed by atoms with Gasteiger partial charge >= 0.3 is 0 Å². The monoisotopic (exact) mass is 243 g/mol. The van der Waals surface area contributed by atoms with Gasteiger partial charge in [0.2, 0.25) is 0 Å². The van der Waals surface area contributed by atoms with E-state index in [1.165, 1.54) is 18.2 Å². The molecule has 4 heteroatoms. The molecule has 0 aromatic heterocycles. The van der Waals surface area contributed by atoms with E-state index >= 15 is 0 Å². The highest BCUT2D eigenvalue weighted by Crippen LogP contribution is 2.34. The SMILES string of the molecule is Fc1ccccc1CC(F)(F)C1CCNCC1. The Morgan fingerprint density at radius 1 is 1.18 bits per heavy atom. The number of halogens is 3. The summed E-state index contributed by atoms with van der Waals surface area (Å²) in [5.74, 6) is -3.99. The molecule has 1 saturated heterocycles. The Balaban J connectivity index is 2.08. The van der Waals surface area contributed by atoms with Crippen LogP contribution in [0.2, 0.25) is 0 Å². The highest BCUT2D eigenvalue weighted by molar-refractivity contribution is 5.19. The van der Waals surface area contributed by atoms with Gasteiger partial charge in [0, 0.05) is 12.3 Å². The first-order chi connectivity index (χ1) is 8.09. The molecule has 1 fully saturated rings. The van der Waals surface area contributed by atoms with Crippen LogP contribution in [0.3, 0.4) is 0 Å². The van der Waals surface area contributed by atoms with Gasteiger partial charge in [0.1, 0.15) is 5.82 Å². The predicted octanol–water partition coefficient (Wildman–Crippen LogP) is 3.00. The summed E-state index contributed by atoms with van der Waals surface area (Å²) in [5, 5.41) is 3.05. The quantitative estimate of drug-likeness (QED) is 0.860. The van der Waals surface area contributed by atoms with E-state index in [1.54, 1.807) is 6.07 Å². The summed E-state index contributed by atoms with van der Waals surface area (Å²) in [6.07, 6.45) is 0.424. The minimum Gasteiger partial charge on any atom is -0.317 e. The molecule has 1 aromatic carbocycles. The van der Waals surface area contributed by atoms with Crippen molar-refractivity contribution in [1.82, 2.24) is 5.32 Å². The second-order valence-corrected chi connectivity index (χ2v) is 4.55. The van der Waals surface area contributed by atoms with E-state index in [9.17, 15) is 13.2 Å². The third-order valence-electron chi connectivity index (χ3n) is 3.32. The molecule has 1 aliphatic rings. The molecule has 0 aliphatic carbocycles. The van der Waals surface area contributed by atoms with Gasteiger partial charge in [0.05, 0.1) is 0 Å². The predicted molar refractivity (Wildman–Crippen MR) is 60.6 cm³/mol. The minimum absolute atomic E-state index is 0.107. The highest BCUT2D eigenvalue weighted by atomic mass is 19.3. The Hall–Kier alpha value is -1.03. The van der Waals surface area contributed by atoms with E-state index in [0.717, 1.165) is 0 Å². The fourth-order valence-corrected chi connectivity index (χ4v) is 2.28. The third kappa shape index (κ3) is 3.00. The maximum atomic E-state index is 14.0. The largest absolute Gasteiger partial charge is 0.317 e. The average molecular weight is 243 g/mol. The summed E-state index contributed by atoms with van der Waals surface area (Å²) in [6, 6.07) is 5.77. The lowest BCUT2D eigenvalue weighted by molar-refractivity contribution is -0.0680. The molecule has 1 heterocycles. The molecule has 1 nitrogen and oxygen atoms in total. The van der Waals surface area contributed by atoms with Crippen LogP contribution in [0.1, 0.15) is 18.4 Å². The Kier molecular flexibility index (Phi) is 3.72. The Morgan fingerprint density at radius 3 is 2.47 bits per heavy atom. The van der Waals surface area contributed by atoms with Crippen molar-refractivity contribution in [2.24, 2.45) is 5.92 Å². The van der Waals surface area contributed by atoms with Crippen LogP contribution in [0.5, 0.6) is 0 Å². The molecule has 0 bridgehead atoms. The van der Waals surface area contributed by atoms with E-state index < -0.39 is 24.1 Å². The van der Waals surface area contributed by atoms with Gasteiger partial charge in [0.15, 0.2) is 0 Å². The van der Waals surface area contributed by atoms with Crippen LogP contribution in [0, 0.1) is 11.7 Å². The van der Waals surface area contributed by atoms with Crippen molar-refractivity contribution in [2.45, 2.75) is 25.2 Å². The fourth-order valence-electron chi connectivity index (χ4n) is 2.28. The summed E-state index contributed by atoms with van der Waals surface area (Å²) < 4.78 is 41.3. The van der Waals surface area contributed by atoms with Gasteiger partial charge in [-0.15, -0.1) is 0 Å². The van der Waals surface area contributed by atoms with Crippen LogP contribution in [0.25, 0.3) is 0 Å². The lowest BCUT2D eigenvalue weighted by Crippen LogP contribution is -2.39. The summed E-state index contributed by atoms with van der Waals surface area (Å²) in [6.45, 7) is 1.25. The van der Waals surface area contributed by atoms with Crippen molar-refractivity contribution < 1.29 is 13.2 Å². The molecule has 0 radical (unpaired) electrons. The smallest absolute Gasteiger partial charge is 0.255 e. The molecule has 1 aliphatic heterocycles. The van der Waals surface area contributed by atoms with Crippen molar-refractivity contribution in [3.63, 3.8) is 0 Å². The number of rotatable bonds is 3. The Bertz CT molecular complexity index is 373. The lowest BCUT2D eigenvalue weighted by Gasteiger charge is -2.30. The maximum absolute atomic E-state index is 14.0. The molecule has 0 spiro atoms. The van der Waals surface area contributed by atoms with Gasteiger partial charge in [-0.05, 0) is 37.6 Å². The van der Waals surface area contributed by atoms with Crippen LogP contribution in [-0.4, -0.2) is 19.0 Å². The summed E-state index contributed by atoms with van der Waals surface area (Å²) in [7, 11) is 0. The van der Waals surface area contributed by atoms with Crippen LogP contribution in [0.15, 0.2) is 24.3 Å². The van der Waals surface area contributed by atoms with Crippen molar-refractivity contribution in [2.75, 3.05) is 13.1 Å². The zero-order valence-corrected chi connectivity index (χ0v) is 9.56. The van der Waals surface area contributed by atoms with E-state index in [-0.39, 0.29) is 5.56 Å². The molecule has 0 unspecified atom stereocenters. The first-order valence-electron chi connectivity index (χ1n) is 5.91. The van der Waals surface area contributed by atoms with Gasteiger partial charge in [-0.2, -0.15) is 0 Å². The number of hydrogen-bond acceptors (Lipinski definition) is 1. The second kappa shape index (κ2) is 5.08. The average Bonchev–Trinajstić information content (AvgIpc) is 2.33. The highest BCUT2D eigenvalue weighted by Gasteiger charge is 2.40. The van der Waals surface area contributed by atoms with Gasteiger partial charge in [-0.3, -0.25) is 0 Å². The summed E-state index contributed by atoms with van der Waals surface area (Å²) >= 11 is 0. The van der Waals surface area contributed by atoms with Crippen LogP contribution >= 0.6 is 0 Å². The molecule has 1 aromatic rings. The third-order valence-corrected chi connectivity index (χ3v) is 3.32.